The number of aromatic nitrogens is 3. The van der Waals surface area contributed by atoms with Gasteiger partial charge in [-0.05, 0) is 44.2 Å². The van der Waals surface area contributed by atoms with Crippen molar-refractivity contribution in [3.8, 4) is 0 Å². The van der Waals surface area contributed by atoms with E-state index in [0.29, 0.717) is 16.5 Å². The van der Waals surface area contributed by atoms with Gasteiger partial charge in [-0.15, -0.1) is 0 Å². The molecule has 2 N–H and O–H groups in total. The molecule has 23 heavy (non-hydrogen) atoms. The molecule has 1 aromatic carbocycles. The summed E-state index contributed by atoms with van der Waals surface area (Å²) in [4.78, 5) is 25.0. The van der Waals surface area contributed by atoms with Crippen LogP contribution in [0.25, 0.3) is 11.0 Å². The third kappa shape index (κ3) is 3.54. The van der Waals surface area contributed by atoms with Gasteiger partial charge >= 0.3 is 6.03 Å². The van der Waals surface area contributed by atoms with Crippen molar-refractivity contribution >= 4 is 40.2 Å². The van der Waals surface area contributed by atoms with Crippen LogP contribution in [-0.4, -0.2) is 21.0 Å². The minimum atomic E-state index is -0.407. The highest BCUT2D eigenvalue weighted by molar-refractivity contribution is 6.30. The number of amides is 2. The number of urea groups is 1. The van der Waals surface area contributed by atoms with E-state index in [1.54, 1.807) is 24.3 Å². The quantitative estimate of drug-likeness (QED) is 0.747. The molecule has 3 aromatic rings. The lowest BCUT2D eigenvalue weighted by Gasteiger charge is -2.08. The number of aryl methyl sites for hydroxylation is 2. The maximum absolute atomic E-state index is 12.0. The molecule has 0 bridgehead atoms. The van der Waals surface area contributed by atoms with Gasteiger partial charge in [0.2, 0.25) is 0 Å². The van der Waals surface area contributed by atoms with E-state index in [0.717, 1.165) is 22.4 Å². The number of nitrogens with zero attached hydrogens (tertiary/aromatic N) is 3. The number of rotatable bonds is 2. The summed E-state index contributed by atoms with van der Waals surface area (Å²) in [7, 11) is 0. The van der Waals surface area contributed by atoms with E-state index in [2.05, 4.69) is 25.6 Å². The van der Waals surface area contributed by atoms with Gasteiger partial charge in [-0.25, -0.2) is 19.7 Å². The van der Waals surface area contributed by atoms with Crippen LogP contribution in [0.1, 0.15) is 11.4 Å². The van der Waals surface area contributed by atoms with Gasteiger partial charge in [-0.3, -0.25) is 5.32 Å². The van der Waals surface area contributed by atoms with Gasteiger partial charge in [0.05, 0.1) is 22.4 Å². The molecule has 2 heterocycles. The Morgan fingerprint density at radius 1 is 1.00 bits per heavy atom. The van der Waals surface area contributed by atoms with E-state index in [1.807, 2.05) is 19.9 Å². The number of carbonyl (C=O) groups is 1. The molecule has 0 saturated heterocycles. The highest BCUT2D eigenvalue weighted by Gasteiger charge is 2.07. The number of anilines is 2. The molecule has 0 radical (unpaired) electrons. The van der Waals surface area contributed by atoms with Gasteiger partial charge in [-0.2, -0.15) is 0 Å². The lowest BCUT2D eigenvalue weighted by molar-refractivity contribution is 0.262. The summed E-state index contributed by atoms with van der Waals surface area (Å²) in [5.74, 6) is 0.377. The Bertz CT molecular complexity index is 897. The normalized spacial score (nSPS) is 10.6. The fourth-order valence-corrected chi connectivity index (χ4v) is 2.22. The smallest absolute Gasteiger partial charge is 0.308 e. The molecule has 0 fully saturated rings. The second kappa shape index (κ2) is 6.18. The molecule has 0 aliphatic rings. The summed E-state index contributed by atoms with van der Waals surface area (Å²) in [6.45, 7) is 3.82. The Morgan fingerprint density at radius 3 is 2.48 bits per heavy atom. The summed E-state index contributed by atoms with van der Waals surface area (Å²) in [6, 6.07) is 8.17. The van der Waals surface area contributed by atoms with Crippen molar-refractivity contribution in [2.24, 2.45) is 0 Å². The van der Waals surface area contributed by atoms with Crippen LogP contribution in [0.4, 0.5) is 16.3 Å². The molecule has 0 aliphatic heterocycles. The molecule has 2 amide bonds. The highest BCUT2D eigenvalue weighted by atomic mass is 35.5. The third-order valence-corrected chi connectivity index (χ3v) is 3.53. The monoisotopic (exact) mass is 327 g/mol. The van der Waals surface area contributed by atoms with Crippen LogP contribution in [0, 0.1) is 13.8 Å². The van der Waals surface area contributed by atoms with E-state index < -0.39 is 6.03 Å². The van der Waals surface area contributed by atoms with Gasteiger partial charge in [-0.1, -0.05) is 11.6 Å². The standard InChI is InChI=1S/C16H14ClN5O/c1-9-10(2)20-14-8-12(3-4-13(14)19-9)21-16(23)22-15-7-11(17)5-6-18-15/h3-8H,1-2H3,(H2,18,21,22,23). The number of hydrogen-bond acceptors (Lipinski definition) is 4. The zero-order chi connectivity index (χ0) is 16.4. The third-order valence-electron chi connectivity index (χ3n) is 3.30. The second-order valence-electron chi connectivity index (χ2n) is 5.04. The van der Waals surface area contributed by atoms with Crippen LogP contribution < -0.4 is 10.6 Å². The first-order valence-electron chi connectivity index (χ1n) is 6.96. The molecule has 0 aliphatic carbocycles. The van der Waals surface area contributed by atoms with Gasteiger partial charge in [0, 0.05) is 16.9 Å². The zero-order valence-corrected chi connectivity index (χ0v) is 13.3. The molecular weight excluding hydrogens is 314 g/mol. The van der Waals surface area contributed by atoms with Crippen molar-refractivity contribution in [2.75, 3.05) is 10.6 Å². The summed E-state index contributed by atoms with van der Waals surface area (Å²) in [5, 5.41) is 5.86. The number of fused-ring (bicyclic) bond motifs is 1. The van der Waals surface area contributed by atoms with Gasteiger partial charge in [0.1, 0.15) is 5.82 Å². The van der Waals surface area contributed by atoms with Crippen molar-refractivity contribution in [1.82, 2.24) is 15.0 Å². The van der Waals surface area contributed by atoms with Crippen molar-refractivity contribution < 1.29 is 4.79 Å². The van der Waals surface area contributed by atoms with Crippen molar-refractivity contribution in [3.05, 3.63) is 52.9 Å². The Morgan fingerprint density at radius 2 is 1.74 bits per heavy atom. The van der Waals surface area contributed by atoms with E-state index in [1.165, 1.54) is 6.20 Å². The molecule has 2 aromatic heterocycles. The summed E-state index contributed by atoms with van der Waals surface area (Å²) >= 11 is 5.85. The van der Waals surface area contributed by atoms with Crippen LogP contribution in [-0.2, 0) is 0 Å². The van der Waals surface area contributed by atoms with E-state index >= 15 is 0 Å². The molecule has 7 heteroatoms. The number of pyridine rings is 1. The number of benzene rings is 1. The fourth-order valence-electron chi connectivity index (χ4n) is 2.06. The van der Waals surface area contributed by atoms with Crippen molar-refractivity contribution in [2.45, 2.75) is 13.8 Å². The van der Waals surface area contributed by atoms with Crippen LogP contribution >= 0.6 is 11.6 Å². The Kier molecular flexibility index (Phi) is 4.08. The molecule has 0 saturated carbocycles. The van der Waals surface area contributed by atoms with Gasteiger partial charge in [0.25, 0.3) is 0 Å². The number of nitrogens with one attached hydrogen (secondary N) is 2. The maximum Gasteiger partial charge on any atom is 0.324 e. The molecule has 0 atom stereocenters. The highest BCUT2D eigenvalue weighted by Crippen LogP contribution is 2.18. The predicted octanol–water partition coefficient (Wildman–Crippen LogP) is 3.94. The Balaban J connectivity index is 1.78. The molecule has 6 nitrogen and oxygen atoms in total. The maximum atomic E-state index is 12.0. The van der Waals surface area contributed by atoms with Crippen LogP contribution in [0.15, 0.2) is 36.5 Å². The fraction of sp³-hybridized carbons (Fsp3) is 0.125. The molecule has 0 spiro atoms. The lowest BCUT2D eigenvalue weighted by Crippen LogP contribution is -2.20. The van der Waals surface area contributed by atoms with Gasteiger partial charge in [0.15, 0.2) is 0 Å². The SMILES string of the molecule is Cc1nc2ccc(NC(=O)Nc3cc(Cl)ccn3)cc2nc1C. The number of carbonyl (C=O) groups excluding carboxylic acids is 1. The average molecular weight is 328 g/mol. The first kappa shape index (κ1) is 15.2. The molecule has 116 valence electrons. The number of halogens is 1. The topological polar surface area (TPSA) is 79.8 Å². The van der Waals surface area contributed by atoms with E-state index in [4.69, 9.17) is 11.6 Å². The van der Waals surface area contributed by atoms with Crippen LogP contribution in [0.5, 0.6) is 0 Å². The van der Waals surface area contributed by atoms with Crippen LogP contribution in [0.3, 0.4) is 0 Å². The second-order valence-corrected chi connectivity index (χ2v) is 5.47. The van der Waals surface area contributed by atoms with Crippen LogP contribution in [0.2, 0.25) is 5.02 Å². The van der Waals surface area contributed by atoms with Crippen molar-refractivity contribution in [3.63, 3.8) is 0 Å². The minimum absolute atomic E-state index is 0.377. The largest absolute Gasteiger partial charge is 0.324 e. The molecule has 3 rings (SSSR count). The van der Waals surface area contributed by atoms with E-state index in [9.17, 15) is 4.79 Å². The van der Waals surface area contributed by atoms with Gasteiger partial charge < -0.3 is 5.32 Å². The molecule has 0 unspecified atom stereocenters. The molecular formula is C16H14ClN5O. The predicted molar refractivity (Wildman–Crippen MR) is 90.9 cm³/mol. The first-order valence-corrected chi connectivity index (χ1v) is 7.33. The first-order chi connectivity index (χ1) is 11.0. The lowest BCUT2D eigenvalue weighted by atomic mass is 10.2. The summed E-state index contributed by atoms with van der Waals surface area (Å²) < 4.78 is 0. The summed E-state index contributed by atoms with van der Waals surface area (Å²) in [5.41, 5.74) is 3.89. The average Bonchev–Trinajstić information content (AvgIpc) is 2.48. The Labute approximate surface area is 137 Å². The number of hydrogen-bond donors (Lipinski definition) is 2. The Hall–Kier alpha value is -2.73. The summed E-state index contributed by atoms with van der Waals surface area (Å²) in [6.07, 6.45) is 1.52. The zero-order valence-electron chi connectivity index (χ0n) is 12.6. The van der Waals surface area contributed by atoms with E-state index in [-0.39, 0.29) is 0 Å². The minimum Gasteiger partial charge on any atom is -0.308 e. The van der Waals surface area contributed by atoms with Crippen molar-refractivity contribution in [1.29, 1.82) is 0 Å².